The summed E-state index contributed by atoms with van der Waals surface area (Å²) in [6, 6.07) is 2.24. The SMILES string of the molecule is Cc1cc(F)cc(C(=O)C2=C(Br)C(Br)=C(Br)C2)c1O. The number of carbonyl (C=O) groups is 1. The maximum absolute atomic E-state index is 13.4. The Hall–Kier alpha value is -0.460. The van der Waals surface area contributed by atoms with Crippen LogP contribution >= 0.6 is 47.8 Å². The zero-order valence-electron chi connectivity index (χ0n) is 9.73. The Morgan fingerprint density at radius 3 is 2.42 bits per heavy atom. The number of aryl methyl sites for hydroxylation is 1. The highest BCUT2D eigenvalue weighted by molar-refractivity contribution is 9.16. The second kappa shape index (κ2) is 5.50. The molecule has 0 aromatic heterocycles. The molecule has 2 nitrogen and oxygen atoms in total. The Labute approximate surface area is 134 Å². The number of carbonyl (C=O) groups excluding carboxylic acids is 1. The van der Waals surface area contributed by atoms with E-state index >= 15 is 0 Å². The largest absolute Gasteiger partial charge is 0.507 e. The third-order valence-electron chi connectivity index (χ3n) is 2.81. The predicted molar refractivity (Wildman–Crippen MR) is 82.6 cm³/mol. The highest BCUT2D eigenvalue weighted by Crippen LogP contribution is 2.44. The minimum Gasteiger partial charge on any atom is -0.507 e. The number of allylic oxidation sites excluding steroid dienone is 4. The van der Waals surface area contributed by atoms with Gasteiger partial charge in [-0.1, -0.05) is 15.9 Å². The Kier molecular flexibility index (Phi) is 4.32. The van der Waals surface area contributed by atoms with Crippen molar-refractivity contribution < 1.29 is 14.3 Å². The van der Waals surface area contributed by atoms with Crippen molar-refractivity contribution in [2.24, 2.45) is 0 Å². The van der Waals surface area contributed by atoms with Crippen LogP contribution < -0.4 is 0 Å². The molecule has 1 N–H and O–H groups in total. The fourth-order valence-electron chi connectivity index (χ4n) is 1.81. The van der Waals surface area contributed by atoms with Crippen molar-refractivity contribution in [2.45, 2.75) is 13.3 Å². The average Bonchev–Trinajstić information content (AvgIpc) is 2.61. The number of hydrogen-bond acceptors (Lipinski definition) is 2. The molecule has 0 bridgehead atoms. The van der Waals surface area contributed by atoms with Crippen molar-refractivity contribution in [1.82, 2.24) is 0 Å². The smallest absolute Gasteiger partial charge is 0.194 e. The first kappa shape index (κ1) is 14.9. The Bertz CT molecular complexity index is 648. The van der Waals surface area contributed by atoms with Gasteiger partial charge in [-0.05, 0) is 56.5 Å². The fraction of sp³-hybridized carbons (Fsp3) is 0.154. The standard InChI is InChI=1S/C13H8Br3FO2/c1-5-2-6(17)3-8(12(5)18)13(19)7-4-9(14)11(16)10(7)15/h2-3,18H,4H2,1H3. The molecule has 0 saturated carbocycles. The van der Waals surface area contributed by atoms with E-state index in [9.17, 15) is 14.3 Å². The van der Waals surface area contributed by atoms with Gasteiger partial charge in [-0.2, -0.15) is 0 Å². The van der Waals surface area contributed by atoms with E-state index in [1.54, 1.807) is 6.92 Å². The third kappa shape index (κ3) is 2.71. The van der Waals surface area contributed by atoms with Gasteiger partial charge in [0.1, 0.15) is 11.6 Å². The highest BCUT2D eigenvalue weighted by atomic mass is 79.9. The lowest BCUT2D eigenvalue weighted by Crippen LogP contribution is -2.05. The molecule has 0 aliphatic heterocycles. The summed E-state index contributed by atoms with van der Waals surface area (Å²) in [6.45, 7) is 1.55. The second-order valence-corrected chi connectivity index (χ2v) is 6.68. The first-order valence-electron chi connectivity index (χ1n) is 5.30. The Balaban J connectivity index is 2.49. The van der Waals surface area contributed by atoms with Crippen LogP contribution in [0, 0.1) is 12.7 Å². The molecule has 0 atom stereocenters. The van der Waals surface area contributed by atoms with E-state index in [1.807, 2.05) is 0 Å². The average molecular weight is 455 g/mol. The Morgan fingerprint density at radius 1 is 1.26 bits per heavy atom. The lowest BCUT2D eigenvalue weighted by molar-refractivity contribution is 0.102. The van der Waals surface area contributed by atoms with E-state index < -0.39 is 11.6 Å². The zero-order valence-corrected chi connectivity index (χ0v) is 14.5. The van der Waals surface area contributed by atoms with Gasteiger partial charge in [0.2, 0.25) is 0 Å². The van der Waals surface area contributed by atoms with Gasteiger partial charge in [-0.3, -0.25) is 4.79 Å². The third-order valence-corrected chi connectivity index (χ3v) is 6.30. The molecule has 2 rings (SSSR count). The van der Waals surface area contributed by atoms with E-state index in [2.05, 4.69) is 47.8 Å². The molecule has 1 aliphatic carbocycles. The van der Waals surface area contributed by atoms with Crippen LogP contribution in [0.5, 0.6) is 5.75 Å². The Morgan fingerprint density at radius 2 is 1.89 bits per heavy atom. The van der Waals surface area contributed by atoms with Crippen molar-refractivity contribution in [1.29, 1.82) is 0 Å². The molecule has 0 heterocycles. The van der Waals surface area contributed by atoms with Gasteiger partial charge < -0.3 is 5.11 Å². The van der Waals surface area contributed by atoms with Gasteiger partial charge in [-0.25, -0.2) is 4.39 Å². The van der Waals surface area contributed by atoms with E-state index in [0.717, 1.165) is 15.0 Å². The number of halogens is 4. The molecule has 0 amide bonds. The zero-order chi connectivity index (χ0) is 14.3. The van der Waals surface area contributed by atoms with E-state index in [4.69, 9.17) is 0 Å². The van der Waals surface area contributed by atoms with Gasteiger partial charge in [0.15, 0.2) is 5.78 Å². The molecule has 0 saturated heterocycles. The minimum absolute atomic E-state index is 0.0213. The lowest BCUT2D eigenvalue weighted by atomic mass is 9.99. The maximum atomic E-state index is 13.4. The highest BCUT2D eigenvalue weighted by Gasteiger charge is 2.27. The van der Waals surface area contributed by atoms with Gasteiger partial charge in [-0.15, -0.1) is 0 Å². The molecule has 0 fully saturated rings. The number of aromatic hydroxyl groups is 1. The molecular weight excluding hydrogens is 447 g/mol. The number of ketones is 1. The van der Waals surface area contributed by atoms with Crippen molar-refractivity contribution in [3.05, 3.63) is 48.1 Å². The summed E-state index contributed by atoms with van der Waals surface area (Å²) in [5.41, 5.74) is 0.787. The second-order valence-electron chi connectivity index (χ2n) is 4.14. The van der Waals surface area contributed by atoms with Gasteiger partial charge >= 0.3 is 0 Å². The maximum Gasteiger partial charge on any atom is 0.194 e. The van der Waals surface area contributed by atoms with Crippen molar-refractivity contribution in [3.63, 3.8) is 0 Å². The fourth-order valence-corrected chi connectivity index (χ4v) is 3.50. The summed E-state index contributed by atoms with van der Waals surface area (Å²) in [6.07, 6.45) is 0.398. The first-order valence-corrected chi connectivity index (χ1v) is 7.67. The molecular formula is C13H8Br3FO2. The summed E-state index contributed by atoms with van der Waals surface area (Å²) in [5, 5.41) is 9.91. The monoisotopic (exact) mass is 452 g/mol. The molecule has 0 radical (unpaired) electrons. The minimum atomic E-state index is -0.542. The molecule has 0 unspecified atom stereocenters. The molecule has 0 spiro atoms. The molecule has 1 aromatic rings. The van der Waals surface area contributed by atoms with Crippen molar-refractivity contribution >= 4 is 53.6 Å². The molecule has 19 heavy (non-hydrogen) atoms. The van der Waals surface area contributed by atoms with Gasteiger partial charge in [0.05, 0.1) is 5.56 Å². The summed E-state index contributed by atoms with van der Waals surface area (Å²) >= 11 is 10.0. The van der Waals surface area contributed by atoms with Gasteiger partial charge in [0, 0.05) is 25.4 Å². The van der Waals surface area contributed by atoms with Crippen molar-refractivity contribution in [3.8, 4) is 5.75 Å². The molecule has 6 heteroatoms. The molecule has 1 aliphatic rings. The van der Waals surface area contributed by atoms with Crippen LogP contribution in [0.3, 0.4) is 0 Å². The quantitative estimate of drug-likeness (QED) is 0.633. The van der Waals surface area contributed by atoms with E-state index in [1.165, 1.54) is 6.07 Å². The van der Waals surface area contributed by atoms with Crippen LogP contribution in [0.1, 0.15) is 22.3 Å². The summed E-state index contributed by atoms with van der Waals surface area (Å²) in [4.78, 5) is 12.4. The van der Waals surface area contributed by atoms with Crippen LogP contribution in [-0.2, 0) is 0 Å². The molecule has 100 valence electrons. The van der Waals surface area contributed by atoms with Crippen LogP contribution in [0.2, 0.25) is 0 Å². The van der Waals surface area contributed by atoms with Crippen molar-refractivity contribution in [2.75, 3.05) is 0 Å². The summed E-state index contributed by atoms with van der Waals surface area (Å²) < 4.78 is 15.6. The van der Waals surface area contributed by atoms with Crippen LogP contribution in [0.25, 0.3) is 0 Å². The summed E-state index contributed by atoms with van der Waals surface area (Å²) in [5.74, 6) is -1.11. The number of rotatable bonds is 2. The molecule has 1 aromatic carbocycles. The van der Waals surface area contributed by atoms with E-state index in [0.29, 0.717) is 22.0 Å². The number of Topliss-reactive ketones (excluding diaryl/α,β-unsaturated/α-hetero) is 1. The topological polar surface area (TPSA) is 37.3 Å². The summed E-state index contributed by atoms with van der Waals surface area (Å²) in [7, 11) is 0. The number of phenolic OH excluding ortho intramolecular Hbond substituents is 1. The first-order chi connectivity index (χ1) is 8.82. The van der Waals surface area contributed by atoms with E-state index in [-0.39, 0.29) is 11.3 Å². The van der Waals surface area contributed by atoms with Crippen LogP contribution in [-0.4, -0.2) is 10.9 Å². The lowest BCUT2D eigenvalue weighted by Gasteiger charge is -2.08. The van der Waals surface area contributed by atoms with Gasteiger partial charge in [0.25, 0.3) is 0 Å². The number of benzene rings is 1. The van der Waals surface area contributed by atoms with Crippen LogP contribution in [0.15, 0.2) is 31.2 Å². The number of phenols is 1. The predicted octanol–water partition coefficient (Wildman–Crippen LogP) is 5.08. The normalized spacial score (nSPS) is 15.4. The number of hydrogen-bond donors (Lipinski definition) is 1. The van der Waals surface area contributed by atoms with Crippen LogP contribution in [0.4, 0.5) is 4.39 Å².